The molecule has 0 radical (unpaired) electrons. The Balaban J connectivity index is 1.66. The van der Waals surface area contributed by atoms with Crippen LogP contribution in [0.25, 0.3) is 0 Å². The number of halogens is 4. The van der Waals surface area contributed by atoms with Gasteiger partial charge in [0.2, 0.25) is 0 Å². The van der Waals surface area contributed by atoms with Crippen LogP contribution in [-0.4, -0.2) is 31.1 Å². The van der Waals surface area contributed by atoms with Crippen molar-refractivity contribution in [1.29, 1.82) is 0 Å². The van der Waals surface area contributed by atoms with Crippen molar-refractivity contribution >= 4 is 17.3 Å². The maximum Gasteiger partial charge on any atom is 0.416 e. The van der Waals surface area contributed by atoms with Gasteiger partial charge in [-0.15, -0.1) is 0 Å². The van der Waals surface area contributed by atoms with Crippen molar-refractivity contribution in [3.8, 4) is 0 Å². The molecule has 0 saturated carbocycles. The number of benzene rings is 2. The molecule has 1 aliphatic heterocycles. The van der Waals surface area contributed by atoms with Crippen LogP contribution < -0.4 is 4.90 Å². The van der Waals surface area contributed by atoms with Gasteiger partial charge >= 0.3 is 6.18 Å². The molecule has 0 unspecified atom stereocenters. The van der Waals surface area contributed by atoms with Crippen LogP contribution in [-0.2, 0) is 12.7 Å². The molecule has 3 rings (SSSR count). The molecule has 1 saturated heterocycles. The summed E-state index contributed by atoms with van der Waals surface area (Å²) in [5.41, 5.74) is 0.768. The summed E-state index contributed by atoms with van der Waals surface area (Å²) >= 11 is 6.21. The number of anilines is 1. The molecule has 0 spiro atoms. The minimum atomic E-state index is -4.31. The Bertz CT molecular complexity index is 695. The highest BCUT2D eigenvalue weighted by molar-refractivity contribution is 6.33. The van der Waals surface area contributed by atoms with Crippen LogP contribution in [0.3, 0.4) is 0 Å². The van der Waals surface area contributed by atoms with E-state index in [1.54, 1.807) is 12.1 Å². The third kappa shape index (κ3) is 3.84. The third-order valence-corrected chi connectivity index (χ3v) is 4.60. The Morgan fingerprint density at radius 3 is 2.17 bits per heavy atom. The second-order valence-electron chi connectivity index (χ2n) is 5.87. The minimum Gasteiger partial charge on any atom is -0.368 e. The third-order valence-electron chi connectivity index (χ3n) is 4.28. The molecule has 1 heterocycles. The van der Waals surface area contributed by atoms with Crippen LogP contribution in [0, 0.1) is 0 Å². The first-order chi connectivity index (χ1) is 11.4. The maximum atomic E-state index is 13.1. The topological polar surface area (TPSA) is 6.48 Å². The smallest absolute Gasteiger partial charge is 0.368 e. The van der Waals surface area contributed by atoms with E-state index >= 15 is 0 Å². The second kappa shape index (κ2) is 7.03. The highest BCUT2D eigenvalue weighted by Crippen LogP contribution is 2.33. The monoisotopic (exact) mass is 354 g/mol. The molecule has 24 heavy (non-hydrogen) atoms. The van der Waals surface area contributed by atoms with Gasteiger partial charge in [0.05, 0.1) is 16.3 Å². The van der Waals surface area contributed by atoms with Gasteiger partial charge in [0.15, 0.2) is 0 Å². The van der Waals surface area contributed by atoms with Crippen LogP contribution in [0.2, 0.25) is 5.02 Å². The van der Waals surface area contributed by atoms with Crippen molar-refractivity contribution < 1.29 is 13.2 Å². The zero-order valence-electron chi connectivity index (χ0n) is 13.1. The molecular weight excluding hydrogens is 337 g/mol. The van der Waals surface area contributed by atoms with Crippen molar-refractivity contribution in [3.05, 3.63) is 64.7 Å². The first-order valence-corrected chi connectivity index (χ1v) is 8.20. The van der Waals surface area contributed by atoms with Crippen molar-refractivity contribution in [2.45, 2.75) is 12.7 Å². The van der Waals surface area contributed by atoms with Crippen molar-refractivity contribution in [3.63, 3.8) is 0 Å². The van der Waals surface area contributed by atoms with Gasteiger partial charge in [-0.25, -0.2) is 0 Å². The van der Waals surface area contributed by atoms with Gasteiger partial charge < -0.3 is 4.90 Å². The summed E-state index contributed by atoms with van der Waals surface area (Å²) in [6.07, 6.45) is -4.31. The molecule has 2 aromatic rings. The Hall–Kier alpha value is -1.72. The van der Waals surface area contributed by atoms with Gasteiger partial charge in [-0.3, -0.25) is 4.90 Å². The van der Waals surface area contributed by atoms with E-state index in [9.17, 15) is 13.2 Å². The van der Waals surface area contributed by atoms with E-state index in [0.717, 1.165) is 24.8 Å². The van der Waals surface area contributed by atoms with Crippen LogP contribution in [0.4, 0.5) is 18.9 Å². The average molecular weight is 355 g/mol. The lowest BCUT2D eigenvalue weighted by atomic mass is 10.1. The van der Waals surface area contributed by atoms with Crippen LogP contribution in [0.15, 0.2) is 48.5 Å². The average Bonchev–Trinajstić information content (AvgIpc) is 2.56. The number of alkyl halides is 3. The lowest BCUT2D eigenvalue weighted by Crippen LogP contribution is -2.46. The number of hydrogen-bond donors (Lipinski definition) is 0. The highest BCUT2D eigenvalue weighted by Gasteiger charge is 2.33. The molecule has 0 bridgehead atoms. The van der Waals surface area contributed by atoms with Crippen molar-refractivity contribution in [2.75, 3.05) is 31.1 Å². The Labute approximate surface area is 144 Å². The molecule has 6 heteroatoms. The lowest BCUT2D eigenvalue weighted by molar-refractivity contribution is -0.138. The van der Waals surface area contributed by atoms with E-state index in [1.165, 1.54) is 6.07 Å². The predicted octanol–water partition coefficient (Wildman–Crippen LogP) is 4.68. The van der Waals surface area contributed by atoms with Crippen LogP contribution in [0.1, 0.15) is 11.1 Å². The molecule has 128 valence electrons. The first kappa shape index (κ1) is 17.1. The van der Waals surface area contributed by atoms with Gasteiger partial charge in [0.25, 0.3) is 0 Å². The normalized spacial score (nSPS) is 16.4. The Morgan fingerprint density at radius 1 is 0.875 bits per heavy atom. The number of nitrogens with zero attached hydrogens (tertiary/aromatic N) is 2. The SMILES string of the molecule is FC(F)(F)c1ccccc1CN1CCN(c2ccccc2Cl)CC1. The van der Waals surface area contributed by atoms with E-state index in [2.05, 4.69) is 9.80 Å². The number of para-hydroxylation sites is 1. The molecule has 1 fully saturated rings. The predicted molar refractivity (Wildman–Crippen MR) is 90.4 cm³/mol. The zero-order valence-corrected chi connectivity index (χ0v) is 13.8. The molecule has 0 N–H and O–H groups in total. The van der Waals surface area contributed by atoms with E-state index in [-0.39, 0.29) is 0 Å². The number of rotatable bonds is 3. The standard InChI is InChI=1S/C18H18ClF3N2/c19-16-7-3-4-8-17(16)24-11-9-23(10-12-24)13-14-5-1-2-6-15(14)18(20,21)22/h1-8H,9-13H2. The molecule has 0 atom stereocenters. The summed E-state index contributed by atoms with van der Waals surface area (Å²) in [5, 5.41) is 0.702. The first-order valence-electron chi connectivity index (χ1n) is 7.82. The van der Waals surface area contributed by atoms with E-state index in [4.69, 9.17) is 11.6 Å². The summed E-state index contributed by atoms with van der Waals surface area (Å²) in [5.74, 6) is 0. The lowest BCUT2D eigenvalue weighted by Gasteiger charge is -2.36. The fraction of sp³-hybridized carbons (Fsp3) is 0.333. The summed E-state index contributed by atoms with van der Waals surface area (Å²) < 4.78 is 39.3. The molecule has 0 amide bonds. The molecule has 0 aromatic heterocycles. The summed E-state index contributed by atoms with van der Waals surface area (Å²) in [6, 6.07) is 13.4. The van der Waals surface area contributed by atoms with Crippen LogP contribution >= 0.6 is 11.6 Å². The van der Waals surface area contributed by atoms with Gasteiger partial charge in [-0.2, -0.15) is 13.2 Å². The van der Waals surface area contributed by atoms with Crippen molar-refractivity contribution in [2.24, 2.45) is 0 Å². The quantitative estimate of drug-likeness (QED) is 0.789. The number of piperazine rings is 1. The molecule has 2 nitrogen and oxygen atoms in total. The summed E-state index contributed by atoms with van der Waals surface area (Å²) in [4.78, 5) is 4.23. The Kier molecular flexibility index (Phi) is 5.01. The largest absolute Gasteiger partial charge is 0.416 e. The van der Waals surface area contributed by atoms with Gasteiger partial charge in [-0.05, 0) is 23.8 Å². The van der Waals surface area contributed by atoms with Gasteiger partial charge in [0, 0.05) is 32.7 Å². The van der Waals surface area contributed by atoms with E-state index in [1.807, 2.05) is 24.3 Å². The van der Waals surface area contributed by atoms with Gasteiger partial charge in [-0.1, -0.05) is 41.9 Å². The fourth-order valence-corrected chi connectivity index (χ4v) is 3.29. The minimum absolute atomic E-state index is 0.312. The Morgan fingerprint density at radius 2 is 1.50 bits per heavy atom. The van der Waals surface area contributed by atoms with E-state index < -0.39 is 11.7 Å². The zero-order chi connectivity index (χ0) is 17.2. The molecule has 2 aromatic carbocycles. The molecular formula is C18H18ClF3N2. The fourth-order valence-electron chi connectivity index (χ4n) is 3.03. The van der Waals surface area contributed by atoms with Crippen LogP contribution in [0.5, 0.6) is 0 Å². The number of hydrogen-bond acceptors (Lipinski definition) is 2. The molecule has 1 aliphatic rings. The second-order valence-corrected chi connectivity index (χ2v) is 6.28. The van der Waals surface area contributed by atoms with E-state index in [0.29, 0.717) is 30.2 Å². The maximum absolute atomic E-state index is 13.1. The van der Waals surface area contributed by atoms with Crippen molar-refractivity contribution in [1.82, 2.24) is 4.90 Å². The summed E-state index contributed by atoms with van der Waals surface area (Å²) in [7, 11) is 0. The highest BCUT2D eigenvalue weighted by atomic mass is 35.5. The summed E-state index contributed by atoms with van der Waals surface area (Å²) in [6.45, 7) is 3.22. The van der Waals surface area contributed by atoms with Gasteiger partial charge in [0.1, 0.15) is 0 Å². The molecule has 0 aliphatic carbocycles.